The van der Waals surface area contributed by atoms with E-state index in [1.165, 1.54) is 218 Å². The first-order valence-corrected chi connectivity index (χ1v) is 35.7. The summed E-state index contributed by atoms with van der Waals surface area (Å²) in [4.78, 5) is 38.5. The summed E-state index contributed by atoms with van der Waals surface area (Å²) in [5.41, 5.74) is 0. The molecule has 1 unspecified atom stereocenters. The molecule has 0 amide bonds. The number of hydrogen-bond acceptors (Lipinski definition) is 6. The van der Waals surface area contributed by atoms with Gasteiger partial charge in [-0.3, -0.25) is 14.4 Å². The average Bonchev–Trinajstić information content (AvgIpc) is 3.49. The topological polar surface area (TPSA) is 78.9 Å². The van der Waals surface area contributed by atoms with Gasteiger partial charge in [-0.15, -0.1) is 0 Å². The van der Waals surface area contributed by atoms with E-state index in [0.29, 0.717) is 19.3 Å². The van der Waals surface area contributed by atoms with E-state index in [2.05, 4.69) is 118 Å². The summed E-state index contributed by atoms with van der Waals surface area (Å²) in [7, 11) is 0. The van der Waals surface area contributed by atoms with Crippen LogP contribution >= 0.6 is 0 Å². The van der Waals surface area contributed by atoms with E-state index >= 15 is 0 Å². The highest BCUT2D eigenvalue weighted by molar-refractivity contribution is 5.71. The first-order valence-electron chi connectivity index (χ1n) is 35.7. The summed E-state index contributed by atoms with van der Waals surface area (Å²) >= 11 is 0. The number of rotatable bonds is 65. The Bertz CT molecular complexity index is 1610. The second-order valence-electron chi connectivity index (χ2n) is 23.8. The largest absolute Gasteiger partial charge is 0.462 e. The van der Waals surface area contributed by atoms with Crippen LogP contribution in [0.3, 0.4) is 0 Å². The molecule has 0 spiro atoms. The standard InChI is InChI=1S/C77H134O6/c1-4-7-10-13-16-19-22-25-28-31-34-35-36-37-38-39-40-41-42-43-44-47-49-52-55-58-61-64-67-70-76(79)82-73-74(83-77(80)71-68-65-62-59-56-53-50-46-33-30-27-24-21-18-15-12-9-6-3)72-81-75(78)69-66-63-60-57-54-51-48-45-32-29-26-23-20-17-14-11-8-5-2/h7,10,16,19,25,28-30,32-35,37-38,40-41,74H,4-6,8-9,11-15,17-18,20-24,26-27,31,36,39,42-73H2,1-3H3/b10-7-,19-16-,28-25-,32-29-,33-30-,35-34-,38-37-,41-40-. The molecule has 0 aliphatic rings. The van der Waals surface area contributed by atoms with E-state index < -0.39 is 6.10 Å². The molecular formula is C77H134O6. The molecule has 478 valence electrons. The van der Waals surface area contributed by atoms with Crippen molar-refractivity contribution in [1.29, 1.82) is 0 Å². The molecule has 0 bridgehead atoms. The highest BCUT2D eigenvalue weighted by atomic mass is 16.6. The van der Waals surface area contributed by atoms with Gasteiger partial charge in [0.05, 0.1) is 0 Å². The van der Waals surface area contributed by atoms with Crippen molar-refractivity contribution in [2.24, 2.45) is 0 Å². The van der Waals surface area contributed by atoms with Crippen molar-refractivity contribution in [3.8, 4) is 0 Å². The summed E-state index contributed by atoms with van der Waals surface area (Å²) in [6, 6.07) is 0. The lowest BCUT2D eigenvalue weighted by Crippen LogP contribution is -2.30. The van der Waals surface area contributed by atoms with Gasteiger partial charge < -0.3 is 14.2 Å². The second-order valence-corrected chi connectivity index (χ2v) is 23.8. The highest BCUT2D eigenvalue weighted by Crippen LogP contribution is 2.17. The Balaban J connectivity index is 4.34. The third kappa shape index (κ3) is 69.0. The fraction of sp³-hybridized carbons (Fsp3) is 0.753. The normalized spacial score (nSPS) is 12.7. The Morgan fingerprint density at radius 1 is 0.253 bits per heavy atom. The number of carbonyl (C=O) groups excluding carboxylic acids is 3. The molecule has 0 saturated carbocycles. The molecule has 0 aliphatic carbocycles. The number of esters is 3. The Hall–Kier alpha value is -3.67. The summed E-state index contributed by atoms with van der Waals surface area (Å²) in [5, 5.41) is 0. The van der Waals surface area contributed by atoms with E-state index in [-0.39, 0.29) is 31.1 Å². The molecule has 83 heavy (non-hydrogen) atoms. The van der Waals surface area contributed by atoms with Gasteiger partial charge in [0.25, 0.3) is 0 Å². The average molecular weight is 1160 g/mol. The number of ether oxygens (including phenoxy) is 3. The lowest BCUT2D eigenvalue weighted by molar-refractivity contribution is -0.167. The van der Waals surface area contributed by atoms with Gasteiger partial charge in [-0.25, -0.2) is 0 Å². The van der Waals surface area contributed by atoms with Crippen molar-refractivity contribution in [3.63, 3.8) is 0 Å². The lowest BCUT2D eigenvalue weighted by Gasteiger charge is -2.18. The van der Waals surface area contributed by atoms with Crippen LogP contribution in [0.4, 0.5) is 0 Å². The molecule has 1 atom stereocenters. The number of carbonyl (C=O) groups is 3. The molecule has 0 aliphatic heterocycles. The van der Waals surface area contributed by atoms with Crippen LogP contribution in [0.15, 0.2) is 97.2 Å². The second kappa shape index (κ2) is 70.8. The first kappa shape index (κ1) is 79.3. The molecule has 0 rings (SSSR count). The van der Waals surface area contributed by atoms with Crippen LogP contribution in [0.2, 0.25) is 0 Å². The lowest BCUT2D eigenvalue weighted by atomic mass is 10.1. The minimum atomic E-state index is -0.785. The third-order valence-corrected chi connectivity index (χ3v) is 15.5. The SMILES string of the molecule is CC/C=C\C/C=C\C/C=C\C/C=C\C/C=C\C/C=C\CCCCCCCCCCCCC(=O)OCC(COC(=O)CCCCCCCCC/C=C\CCCCCCCCC)OC(=O)CCCCCCCCC/C=C\CCCCCCCCC. The fourth-order valence-corrected chi connectivity index (χ4v) is 10.2. The Morgan fingerprint density at radius 3 is 0.747 bits per heavy atom. The molecule has 0 N–H and O–H groups in total. The molecule has 0 saturated heterocycles. The maximum Gasteiger partial charge on any atom is 0.306 e. The molecule has 6 heteroatoms. The zero-order chi connectivity index (χ0) is 59.9. The Labute approximate surface area is 515 Å². The van der Waals surface area contributed by atoms with Gasteiger partial charge in [0.2, 0.25) is 0 Å². The molecular weight excluding hydrogens is 1020 g/mol. The molecule has 0 fully saturated rings. The van der Waals surface area contributed by atoms with E-state index in [9.17, 15) is 14.4 Å². The smallest absolute Gasteiger partial charge is 0.306 e. The van der Waals surface area contributed by atoms with Gasteiger partial charge in [-0.05, 0) is 122 Å². The highest BCUT2D eigenvalue weighted by Gasteiger charge is 2.19. The molecule has 0 aromatic rings. The monoisotopic (exact) mass is 1160 g/mol. The van der Waals surface area contributed by atoms with Crippen LogP contribution in [0, 0.1) is 0 Å². The number of allylic oxidation sites excluding steroid dienone is 16. The van der Waals surface area contributed by atoms with Crippen molar-refractivity contribution in [1.82, 2.24) is 0 Å². The van der Waals surface area contributed by atoms with Gasteiger partial charge >= 0.3 is 17.9 Å². The summed E-state index contributed by atoms with van der Waals surface area (Å²) in [5.74, 6) is -0.876. The first-order chi connectivity index (χ1) is 41.0. The van der Waals surface area contributed by atoms with Crippen LogP contribution in [0.25, 0.3) is 0 Å². The van der Waals surface area contributed by atoms with E-state index in [1.54, 1.807) is 0 Å². The summed E-state index contributed by atoms with van der Waals surface area (Å²) in [6.45, 7) is 6.56. The zero-order valence-corrected chi connectivity index (χ0v) is 54.9. The predicted molar refractivity (Wildman–Crippen MR) is 362 cm³/mol. The third-order valence-electron chi connectivity index (χ3n) is 15.5. The maximum absolute atomic E-state index is 13.0. The Morgan fingerprint density at radius 2 is 0.470 bits per heavy atom. The molecule has 0 heterocycles. The van der Waals surface area contributed by atoms with Gasteiger partial charge in [-0.2, -0.15) is 0 Å². The molecule has 0 radical (unpaired) electrons. The van der Waals surface area contributed by atoms with Crippen LogP contribution in [-0.4, -0.2) is 37.2 Å². The van der Waals surface area contributed by atoms with Gasteiger partial charge in [0, 0.05) is 19.3 Å². The molecule has 0 aromatic carbocycles. The van der Waals surface area contributed by atoms with Crippen molar-refractivity contribution >= 4 is 17.9 Å². The Kier molecular flexibility index (Phi) is 67.7. The van der Waals surface area contributed by atoms with E-state index in [4.69, 9.17) is 14.2 Å². The van der Waals surface area contributed by atoms with Crippen molar-refractivity contribution in [3.05, 3.63) is 97.2 Å². The molecule has 6 nitrogen and oxygen atoms in total. The maximum atomic E-state index is 13.0. The minimum Gasteiger partial charge on any atom is -0.462 e. The predicted octanol–water partition coefficient (Wildman–Crippen LogP) is 24.8. The zero-order valence-electron chi connectivity index (χ0n) is 54.9. The van der Waals surface area contributed by atoms with Crippen LogP contribution in [-0.2, 0) is 28.6 Å². The number of unbranched alkanes of at least 4 members (excludes halogenated alkanes) is 38. The quantitative estimate of drug-likeness (QED) is 0.0261. The fourth-order valence-electron chi connectivity index (χ4n) is 10.2. The summed E-state index contributed by atoms with van der Waals surface area (Å²) < 4.78 is 17.0. The van der Waals surface area contributed by atoms with E-state index in [1.807, 2.05) is 0 Å². The summed E-state index contributed by atoms with van der Waals surface area (Å²) in [6.07, 6.45) is 95.7. The minimum absolute atomic E-state index is 0.0802. The van der Waals surface area contributed by atoms with Crippen molar-refractivity contribution in [2.45, 2.75) is 361 Å². The van der Waals surface area contributed by atoms with Crippen LogP contribution in [0.5, 0.6) is 0 Å². The van der Waals surface area contributed by atoms with Gasteiger partial charge in [0.1, 0.15) is 13.2 Å². The van der Waals surface area contributed by atoms with E-state index in [0.717, 1.165) is 96.3 Å². The van der Waals surface area contributed by atoms with Crippen LogP contribution < -0.4 is 0 Å². The van der Waals surface area contributed by atoms with Gasteiger partial charge in [0.15, 0.2) is 6.10 Å². The van der Waals surface area contributed by atoms with Crippen LogP contribution in [0.1, 0.15) is 355 Å². The van der Waals surface area contributed by atoms with Crippen molar-refractivity contribution in [2.75, 3.05) is 13.2 Å². The molecule has 0 aromatic heterocycles. The van der Waals surface area contributed by atoms with Gasteiger partial charge in [-0.1, -0.05) is 311 Å². The number of hydrogen-bond donors (Lipinski definition) is 0. The van der Waals surface area contributed by atoms with Crippen molar-refractivity contribution < 1.29 is 28.6 Å².